The molecule has 1 atom stereocenters. The topological polar surface area (TPSA) is 62.5 Å². The molecule has 0 bridgehead atoms. The van der Waals surface area contributed by atoms with Crippen molar-refractivity contribution in [1.29, 1.82) is 0 Å². The molecular weight excluding hydrogens is 304 g/mol. The SMILES string of the molecule is Cc1cc(C)c(N2CC[C@H](N(C)Cc3noc(C)n3)C2=O)c(C)c1. The van der Waals surface area contributed by atoms with Gasteiger partial charge in [0, 0.05) is 19.2 Å². The van der Waals surface area contributed by atoms with E-state index in [9.17, 15) is 4.79 Å². The van der Waals surface area contributed by atoms with Gasteiger partial charge in [0.25, 0.3) is 0 Å². The van der Waals surface area contributed by atoms with Crippen LogP contribution in [0.2, 0.25) is 0 Å². The lowest BCUT2D eigenvalue weighted by Crippen LogP contribution is -2.39. The predicted molar refractivity (Wildman–Crippen MR) is 91.9 cm³/mol. The Bertz CT molecular complexity index is 745. The van der Waals surface area contributed by atoms with Crippen LogP contribution in [0, 0.1) is 27.7 Å². The largest absolute Gasteiger partial charge is 0.340 e. The molecule has 1 fully saturated rings. The number of aromatic nitrogens is 2. The summed E-state index contributed by atoms with van der Waals surface area (Å²) in [7, 11) is 1.94. The van der Waals surface area contributed by atoms with E-state index in [0.717, 1.165) is 29.8 Å². The van der Waals surface area contributed by atoms with Crippen LogP contribution in [-0.4, -0.2) is 40.6 Å². The molecule has 2 heterocycles. The lowest BCUT2D eigenvalue weighted by atomic mass is 10.0. The highest BCUT2D eigenvalue weighted by atomic mass is 16.5. The second-order valence-corrected chi connectivity index (χ2v) is 6.69. The van der Waals surface area contributed by atoms with E-state index in [4.69, 9.17) is 4.52 Å². The molecule has 1 amide bonds. The lowest BCUT2D eigenvalue weighted by Gasteiger charge is -2.25. The second kappa shape index (κ2) is 6.36. The van der Waals surface area contributed by atoms with Crippen molar-refractivity contribution in [2.75, 3.05) is 18.5 Å². The van der Waals surface area contributed by atoms with Crippen molar-refractivity contribution in [2.24, 2.45) is 0 Å². The number of hydrogen-bond acceptors (Lipinski definition) is 5. The van der Waals surface area contributed by atoms with Gasteiger partial charge in [0.15, 0.2) is 5.82 Å². The molecule has 24 heavy (non-hydrogen) atoms. The highest BCUT2D eigenvalue weighted by molar-refractivity contribution is 6.00. The first-order chi connectivity index (χ1) is 11.4. The van der Waals surface area contributed by atoms with Crippen molar-refractivity contribution in [1.82, 2.24) is 15.0 Å². The molecule has 2 aromatic rings. The normalized spacial score (nSPS) is 18.0. The minimum Gasteiger partial charge on any atom is -0.340 e. The van der Waals surface area contributed by atoms with Crippen LogP contribution in [0.3, 0.4) is 0 Å². The highest BCUT2D eigenvalue weighted by Crippen LogP contribution is 2.31. The summed E-state index contributed by atoms with van der Waals surface area (Å²) in [5, 5.41) is 3.91. The van der Waals surface area contributed by atoms with Crippen LogP contribution in [0.15, 0.2) is 16.7 Å². The zero-order chi connectivity index (χ0) is 17.4. The molecule has 1 aliphatic heterocycles. The maximum Gasteiger partial charge on any atom is 0.244 e. The number of likely N-dealkylation sites (N-methyl/N-ethyl adjacent to an activating group) is 1. The van der Waals surface area contributed by atoms with E-state index in [0.29, 0.717) is 18.3 Å². The van der Waals surface area contributed by atoms with E-state index < -0.39 is 0 Å². The zero-order valence-corrected chi connectivity index (χ0v) is 15.0. The molecular formula is C18H24N4O2. The summed E-state index contributed by atoms with van der Waals surface area (Å²) in [6, 6.07) is 4.12. The second-order valence-electron chi connectivity index (χ2n) is 6.69. The fourth-order valence-electron chi connectivity index (χ4n) is 3.63. The third kappa shape index (κ3) is 3.06. The molecule has 1 saturated heterocycles. The fourth-order valence-corrected chi connectivity index (χ4v) is 3.63. The van der Waals surface area contributed by atoms with Crippen LogP contribution in [-0.2, 0) is 11.3 Å². The van der Waals surface area contributed by atoms with Crippen LogP contribution in [0.25, 0.3) is 0 Å². The van der Waals surface area contributed by atoms with Crippen LogP contribution in [0.4, 0.5) is 5.69 Å². The molecule has 3 rings (SSSR count). The molecule has 0 spiro atoms. The van der Waals surface area contributed by atoms with Crippen molar-refractivity contribution in [2.45, 2.75) is 46.7 Å². The van der Waals surface area contributed by atoms with Gasteiger partial charge >= 0.3 is 0 Å². The van der Waals surface area contributed by atoms with Gasteiger partial charge in [-0.3, -0.25) is 9.69 Å². The number of carbonyl (C=O) groups is 1. The summed E-state index contributed by atoms with van der Waals surface area (Å²) < 4.78 is 5.00. The molecule has 0 aliphatic carbocycles. The maximum atomic E-state index is 13.0. The molecule has 0 N–H and O–H groups in total. The van der Waals surface area contributed by atoms with Gasteiger partial charge < -0.3 is 9.42 Å². The highest BCUT2D eigenvalue weighted by Gasteiger charge is 2.36. The van der Waals surface area contributed by atoms with Crippen molar-refractivity contribution in [3.05, 3.63) is 40.5 Å². The summed E-state index contributed by atoms with van der Waals surface area (Å²) in [6.45, 7) is 9.24. The van der Waals surface area contributed by atoms with E-state index in [2.05, 4.69) is 43.0 Å². The van der Waals surface area contributed by atoms with E-state index >= 15 is 0 Å². The van der Waals surface area contributed by atoms with Gasteiger partial charge in [0.05, 0.1) is 12.6 Å². The molecule has 1 aliphatic rings. The molecule has 0 radical (unpaired) electrons. The number of amides is 1. The minimum absolute atomic E-state index is 0.146. The standard InChI is InChI=1S/C18H24N4O2/c1-11-8-12(2)17(13(3)9-11)22-7-6-15(18(22)23)21(5)10-16-19-14(4)24-20-16/h8-9,15H,6-7,10H2,1-5H3/t15-/m0/s1. The molecule has 1 aromatic heterocycles. The van der Waals surface area contributed by atoms with Gasteiger partial charge in [-0.2, -0.15) is 4.98 Å². The number of rotatable bonds is 4. The summed E-state index contributed by atoms with van der Waals surface area (Å²) >= 11 is 0. The van der Waals surface area contributed by atoms with Crippen molar-refractivity contribution in [3.63, 3.8) is 0 Å². The minimum atomic E-state index is -0.149. The predicted octanol–water partition coefficient (Wildman–Crippen LogP) is 2.54. The van der Waals surface area contributed by atoms with E-state index in [1.165, 1.54) is 5.56 Å². The van der Waals surface area contributed by atoms with Gasteiger partial charge in [-0.05, 0) is 45.4 Å². The third-order valence-electron chi connectivity index (χ3n) is 4.58. The van der Waals surface area contributed by atoms with E-state index in [-0.39, 0.29) is 11.9 Å². The van der Waals surface area contributed by atoms with Crippen LogP contribution < -0.4 is 4.90 Å². The zero-order valence-electron chi connectivity index (χ0n) is 15.0. The molecule has 6 nitrogen and oxygen atoms in total. The average Bonchev–Trinajstić information content (AvgIpc) is 3.05. The summed E-state index contributed by atoms with van der Waals surface area (Å²) in [5.74, 6) is 1.31. The number of nitrogens with zero attached hydrogens (tertiary/aromatic N) is 4. The molecule has 6 heteroatoms. The quantitative estimate of drug-likeness (QED) is 0.863. The number of benzene rings is 1. The molecule has 0 unspecified atom stereocenters. The Labute approximate surface area is 142 Å². The monoisotopic (exact) mass is 328 g/mol. The van der Waals surface area contributed by atoms with Gasteiger partial charge in [-0.1, -0.05) is 22.9 Å². The Morgan fingerprint density at radius 3 is 2.50 bits per heavy atom. The molecule has 0 saturated carbocycles. The van der Waals surface area contributed by atoms with E-state index in [1.54, 1.807) is 6.92 Å². The van der Waals surface area contributed by atoms with Gasteiger partial charge in [0.1, 0.15) is 0 Å². The van der Waals surface area contributed by atoms with E-state index in [1.807, 2.05) is 16.8 Å². The number of carbonyl (C=O) groups excluding carboxylic acids is 1. The maximum absolute atomic E-state index is 13.0. The first kappa shape index (κ1) is 16.6. The Morgan fingerprint density at radius 2 is 1.92 bits per heavy atom. The third-order valence-corrected chi connectivity index (χ3v) is 4.58. The van der Waals surface area contributed by atoms with Crippen LogP contribution in [0.1, 0.15) is 34.8 Å². The average molecular weight is 328 g/mol. The Morgan fingerprint density at radius 1 is 1.25 bits per heavy atom. The summed E-state index contributed by atoms with van der Waals surface area (Å²) in [4.78, 5) is 21.1. The Hall–Kier alpha value is -2.21. The first-order valence-corrected chi connectivity index (χ1v) is 8.25. The summed E-state index contributed by atoms with van der Waals surface area (Å²) in [5.41, 5.74) is 4.58. The van der Waals surface area contributed by atoms with Crippen LogP contribution in [0.5, 0.6) is 0 Å². The smallest absolute Gasteiger partial charge is 0.244 e. The van der Waals surface area contributed by atoms with Crippen molar-refractivity contribution >= 4 is 11.6 Å². The van der Waals surface area contributed by atoms with Crippen molar-refractivity contribution in [3.8, 4) is 0 Å². The molecule has 128 valence electrons. The number of aryl methyl sites for hydroxylation is 4. The Kier molecular flexibility index (Phi) is 4.41. The van der Waals surface area contributed by atoms with Gasteiger partial charge in [0.2, 0.25) is 11.8 Å². The summed E-state index contributed by atoms with van der Waals surface area (Å²) in [6.07, 6.45) is 0.804. The number of hydrogen-bond donors (Lipinski definition) is 0. The Balaban J connectivity index is 1.78. The van der Waals surface area contributed by atoms with Crippen molar-refractivity contribution < 1.29 is 9.32 Å². The first-order valence-electron chi connectivity index (χ1n) is 8.25. The molecule has 1 aromatic carbocycles. The number of anilines is 1. The van der Waals surface area contributed by atoms with Gasteiger partial charge in [-0.25, -0.2) is 0 Å². The fraction of sp³-hybridized carbons (Fsp3) is 0.500. The van der Waals surface area contributed by atoms with Gasteiger partial charge in [-0.15, -0.1) is 0 Å². The van der Waals surface area contributed by atoms with Crippen LogP contribution >= 0.6 is 0 Å². The lowest BCUT2D eigenvalue weighted by molar-refractivity contribution is -0.121.